The van der Waals surface area contributed by atoms with Crippen LogP contribution >= 0.6 is 0 Å². The zero-order valence-corrected chi connectivity index (χ0v) is 20.9. The Labute approximate surface area is 204 Å². The second kappa shape index (κ2) is 9.08. The monoisotopic (exact) mass is 521 g/mol. The molecule has 1 saturated carbocycles. The largest absolute Gasteiger partial charge is 0.495 e. The van der Waals surface area contributed by atoms with E-state index in [4.69, 9.17) is 9.47 Å². The maximum absolute atomic E-state index is 13.2. The molecule has 0 spiro atoms. The van der Waals surface area contributed by atoms with Crippen molar-refractivity contribution in [3.8, 4) is 5.75 Å². The molecule has 0 aromatic heterocycles. The van der Waals surface area contributed by atoms with Crippen molar-refractivity contribution in [2.24, 2.45) is 5.92 Å². The average Bonchev–Trinajstić information content (AvgIpc) is 3.62. The standard InChI is InChI=1S/C23H27N3O7S2/c1-32-21-7-4-18(15-22(21)35(30,31)25-10-12-33-13-11-25)24-34(28,29)19-5-6-20-17(14-19)8-9-26(20)23(27)16-2-3-16/h4-7,14-16,24H,2-3,8-13H2,1H3. The Bertz CT molecular complexity index is 1370. The van der Waals surface area contributed by atoms with E-state index in [1.54, 1.807) is 17.0 Å². The third-order valence-electron chi connectivity index (χ3n) is 6.45. The maximum atomic E-state index is 13.2. The zero-order chi connectivity index (χ0) is 24.8. The number of fused-ring (bicyclic) bond motifs is 1. The van der Waals surface area contributed by atoms with Gasteiger partial charge in [0.1, 0.15) is 10.6 Å². The summed E-state index contributed by atoms with van der Waals surface area (Å²) in [5, 5.41) is 0. The molecule has 1 amide bonds. The van der Waals surface area contributed by atoms with Crippen molar-refractivity contribution in [2.45, 2.75) is 29.1 Å². The number of morpholine rings is 1. The van der Waals surface area contributed by atoms with Gasteiger partial charge in [0, 0.05) is 31.2 Å². The smallest absolute Gasteiger partial charge is 0.261 e. The predicted molar refractivity (Wildman–Crippen MR) is 129 cm³/mol. The molecule has 1 saturated heterocycles. The zero-order valence-electron chi connectivity index (χ0n) is 19.3. The number of sulfonamides is 2. The Morgan fingerprint density at radius 3 is 2.46 bits per heavy atom. The van der Waals surface area contributed by atoms with Gasteiger partial charge in [0.05, 0.1) is 30.9 Å². The summed E-state index contributed by atoms with van der Waals surface area (Å²) in [4.78, 5) is 14.2. The average molecular weight is 522 g/mol. The molecule has 1 N–H and O–H groups in total. The van der Waals surface area contributed by atoms with Crippen LogP contribution in [0.3, 0.4) is 0 Å². The molecule has 5 rings (SSSR count). The van der Waals surface area contributed by atoms with E-state index in [2.05, 4.69) is 4.72 Å². The molecule has 0 bridgehead atoms. The van der Waals surface area contributed by atoms with Crippen LogP contribution in [0.2, 0.25) is 0 Å². The Balaban J connectivity index is 1.41. The summed E-state index contributed by atoms with van der Waals surface area (Å²) in [6, 6.07) is 8.86. The minimum atomic E-state index is -4.01. The Hall–Kier alpha value is -2.67. The summed E-state index contributed by atoms with van der Waals surface area (Å²) in [7, 11) is -6.56. The molecule has 188 valence electrons. The van der Waals surface area contributed by atoms with Gasteiger partial charge in [0.2, 0.25) is 15.9 Å². The van der Waals surface area contributed by atoms with Gasteiger partial charge in [-0.1, -0.05) is 0 Å². The molecular formula is C23H27N3O7S2. The molecule has 0 atom stereocenters. The lowest BCUT2D eigenvalue weighted by atomic mass is 10.2. The number of ether oxygens (including phenoxy) is 2. The minimum absolute atomic E-state index is 0.0466. The summed E-state index contributed by atoms with van der Waals surface area (Å²) in [6.45, 7) is 1.53. The molecule has 1 aliphatic carbocycles. The summed E-state index contributed by atoms with van der Waals surface area (Å²) < 4.78 is 67.0. The first-order chi connectivity index (χ1) is 16.7. The number of carbonyl (C=O) groups is 1. The number of nitrogens with one attached hydrogen (secondary N) is 1. The molecule has 35 heavy (non-hydrogen) atoms. The number of methoxy groups -OCH3 is 1. The number of rotatable bonds is 7. The molecule has 2 fully saturated rings. The first kappa shape index (κ1) is 24.0. The van der Waals surface area contributed by atoms with Crippen molar-refractivity contribution in [1.82, 2.24) is 4.31 Å². The first-order valence-corrected chi connectivity index (χ1v) is 14.4. The van der Waals surface area contributed by atoms with Gasteiger partial charge in [-0.25, -0.2) is 16.8 Å². The fourth-order valence-electron chi connectivity index (χ4n) is 4.41. The van der Waals surface area contributed by atoms with Gasteiger partial charge >= 0.3 is 0 Å². The number of nitrogens with zero attached hydrogens (tertiary/aromatic N) is 2. The third-order valence-corrected chi connectivity index (χ3v) is 9.75. The fraction of sp³-hybridized carbons (Fsp3) is 0.435. The second-order valence-electron chi connectivity index (χ2n) is 8.79. The lowest BCUT2D eigenvalue weighted by Gasteiger charge is -2.26. The van der Waals surface area contributed by atoms with E-state index in [0.29, 0.717) is 13.0 Å². The van der Waals surface area contributed by atoms with Crippen molar-refractivity contribution < 1.29 is 31.1 Å². The van der Waals surface area contributed by atoms with Crippen molar-refractivity contribution in [3.05, 3.63) is 42.0 Å². The predicted octanol–water partition coefficient (Wildman–Crippen LogP) is 1.82. The van der Waals surface area contributed by atoms with Crippen molar-refractivity contribution >= 4 is 37.3 Å². The van der Waals surface area contributed by atoms with Crippen molar-refractivity contribution in [3.63, 3.8) is 0 Å². The molecule has 10 nitrogen and oxygen atoms in total. The molecule has 2 aliphatic heterocycles. The van der Waals surface area contributed by atoms with Crippen LogP contribution in [0, 0.1) is 5.92 Å². The quantitative estimate of drug-likeness (QED) is 0.590. The van der Waals surface area contributed by atoms with E-state index in [1.165, 1.54) is 35.7 Å². The topological polar surface area (TPSA) is 122 Å². The van der Waals surface area contributed by atoms with Gasteiger partial charge in [-0.3, -0.25) is 9.52 Å². The van der Waals surface area contributed by atoms with Gasteiger partial charge in [-0.05, 0) is 61.2 Å². The van der Waals surface area contributed by atoms with E-state index in [-0.39, 0.29) is 59.4 Å². The minimum Gasteiger partial charge on any atom is -0.495 e. The fourth-order valence-corrected chi connectivity index (χ4v) is 7.10. The van der Waals surface area contributed by atoms with Crippen LogP contribution in [-0.2, 0) is 36.0 Å². The van der Waals surface area contributed by atoms with E-state index < -0.39 is 20.0 Å². The van der Waals surface area contributed by atoms with Crippen LogP contribution in [0.5, 0.6) is 5.75 Å². The van der Waals surface area contributed by atoms with Gasteiger partial charge in [-0.15, -0.1) is 0 Å². The van der Waals surface area contributed by atoms with Crippen LogP contribution < -0.4 is 14.4 Å². The molecule has 12 heteroatoms. The van der Waals surface area contributed by atoms with Crippen LogP contribution in [0.15, 0.2) is 46.2 Å². The summed E-state index contributed by atoms with van der Waals surface area (Å²) in [5.41, 5.74) is 1.65. The van der Waals surface area contributed by atoms with Crippen LogP contribution in [0.1, 0.15) is 18.4 Å². The van der Waals surface area contributed by atoms with E-state index in [0.717, 1.165) is 24.1 Å². The number of hydrogen-bond donors (Lipinski definition) is 1. The molecule has 3 aliphatic rings. The molecular weight excluding hydrogens is 494 g/mol. The Morgan fingerprint density at radius 2 is 1.77 bits per heavy atom. The highest BCUT2D eigenvalue weighted by molar-refractivity contribution is 7.92. The van der Waals surface area contributed by atoms with Crippen LogP contribution in [-0.4, -0.2) is 67.0 Å². The highest BCUT2D eigenvalue weighted by Gasteiger charge is 2.37. The van der Waals surface area contributed by atoms with Crippen LogP contribution in [0.25, 0.3) is 0 Å². The van der Waals surface area contributed by atoms with E-state index in [9.17, 15) is 21.6 Å². The second-order valence-corrected chi connectivity index (χ2v) is 12.4. The van der Waals surface area contributed by atoms with E-state index in [1.807, 2.05) is 0 Å². The summed E-state index contributed by atoms with van der Waals surface area (Å²) >= 11 is 0. The summed E-state index contributed by atoms with van der Waals surface area (Å²) in [5.74, 6) is 0.311. The molecule has 0 unspecified atom stereocenters. The number of anilines is 2. The van der Waals surface area contributed by atoms with Gasteiger partial charge in [0.15, 0.2) is 0 Å². The summed E-state index contributed by atoms with van der Waals surface area (Å²) in [6.07, 6.45) is 2.40. The lowest BCUT2D eigenvalue weighted by molar-refractivity contribution is -0.119. The number of carbonyl (C=O) groups excluding carboxylic acids is 1. The Kier molecular flexibility index (Phi) is 6.24. The van der Waals surface area contributed by atoms with Crippen LogP contribution in [0.4, 0.5) is 11.4 Å². The molecule has 2 heterocycles. The van der Waals surface area contributed by atoms with Gasteiger partial charge in [-0.2, -0.15) is 4.31 Å². The number of hydrogen-bond acceptors (Lipinski definition) is 7. The molecule has 0 radical (unpaired) electrons. The van der Waals surface area contributed by atoms with Gasteiger partial charge < -0.3 is 14.4 Å². The first-order valence-electron chi connectivity index (χ1n) is 11.4. The number of benzene rings is 2. The number of amides is 1. The maximum Gasteiger partial charge on any atom is 0.261 e. The lowest BCUT2D eigenvalue weighted by Crippen LogP contribution is -2.40. The Morgan fingerprint density at radius 1 is 1.03 bits per heavy atom. The normalized spacial score (nSPS) is 18.8. The molecule has 2 aromatic carbocycles. The highest BCUT2D eigenvalue weighted by atomic mass is 32.2. The van der Waals surface area contributed by atoms with Gasteiger partial charge in [0.25, 0.3) is 10.0 Å². The highest BCUT2D eigenvalue weighted by Crippen LogP contribution is 2.37. The van der Waals surface area contributed by atoms with Crippen molar-refractivity contribution in [1.29, 1.82) is 0 Å². The third kappa shape index (κ3) is 4.63. The SMILES string of the molecule is COc1ccc(NS(=O)(=O)c2ccc3c(c2)CCN3C(=O)C2CC2)cc1S(=O)(=O)N1CCOCC1. The molecule has 2 aromatic rings. The van der Waals surface area contributed by atoms with E-state index >= 15 is 0 Å². The van der Waals surface area contributed by atoms with Crippen molar-refractivity contribution in [2.75, 3.05) is 49.6 Å².